The minimum atomic E-state index is -0.584. The van der Waals surface area contributed by atoms with Crippen molar-refractivity contribution in [2.75, 3.05) is 6.54 Å². The number of benzene rings is 1. The Labute approximate surface area is 180 Å². The Morgan fingerprint density at radius 1 is 0.690 bits per heavy atom. The van der Waals surface area contributed by atoms with Crippen molar-refractivity contribution in [3.8, 4) is 5.75 Å². The summed E-state index contributed by atoms with van der Waals surface area (Å²) in [6, 6.07) is 7.21. The quantitative estimate of drug-likeness (QED) is 0.160. The maximum atomic E-state index is 10.0. The smallest absolute Gasteiger partial charge is 0.118 e. The van der Waals surface area contributed by atoms with Crippen LogP contribution in [-0.2, 0) is 6.42 Å². The molecule has 1 unspecified atom stereocenters. The van der Waals surface area contributed by atoms with E-state index in [9.17, 15) is 10.2 Å². The number of aromatic hydroxyl groups is 1. The van der Waals surface area contributed by atoms with Crippen LogP contribution in [0.25, 0.3) is 0 Å². The lowest BCUT2D eigenvalue weighted by Crippen LogP contribution is -2.31. The number of para-hydroxylation sites is 1. The second kappa shape index (κ2) is 18.9. The lowest BCUT2D eigenvalue weighted by Gasteiger charge is -2.13. The van der Waals surface area contributed by atoms with E-state index < -0.39 is 6.23 Å². The van der Waals surface area contributed by atoms with Gasteiger partial charge in [0.05, 0.1) is 0 Å². The van der Waals surface area contributed by atoms with Gasteiger partial charge in [-0.05, 0) is 24.6 Å². The van der Waals surface area contributed by atoms with Gasteiger partial charge in [-0.2, -0.15) is 0 Å². The third kappa shape index (κ3) is 15.4. The molecule has 0 spiro atoms. The fraction of sp³-hybridized carbons (Fsp3) is 0.769. The van der Waals surface area contributed by atoms with E-state index >= 15 is 0 Å². The zero-order valence-electron chi connectivity index (χ0n) is 19.0. The number of phenolic OH excluding ortho intramolecular Hbond substituents is 1. The van der Waals surface area contributed by atoms with Crippen LogP contribution in [0, 0.1) is 0 Å². The first kappa shape index (κ1) is 26.0. The van der Waals surface area contributed by atoms with Crippen molar-refractivity contribution in [3.05, 3.63) is 29.8 Å². The molecule has 0 radical (unpaired) electrons. The zero-order valence-corrected chi connectivity index (χ0v) is 19.0. The topological polar surface area (TPSA) is 52.5 Å². The summed E-state index contributed by atoms with van der Waals surface area (Å²) >= 11 is 0. The van der Waals surface area contributed by atoms with Gasteiger partial charge < -0.3 is 10.2 Å². The summed E-state index contributed by atoms with van der Waals surface area (Å²) in [5.74, 6) is 0.260. The zero-order chi connectivity index (χ0) is 21.0. The second-order valence-corrected chi connectivity index (χ2v) is 8.61. The number of rotatable bonds is 20. The number of aliphatic hydroxyl groups excluding tert-OH is 1. The monoisotopic (exact) mass is 405 g/mol. The molecule has 29 heavy (non-hydrogen) atoms. The molecule has 1 aromatic rings. The Hall–Kier alpha value is -1.06. The van der Waals surface area contributed by atoms with Gasteiger partial charge in [-0.3, -0.25) is 5.32 Å². The molecule has 3 N–H and O–H groups in total. The third-order valence-electron chi connectivity index (χ3n) is 5.82. The molecular formula is C26H47NO2. The highest BCUT2D eigenvalue weighted by molar-refractivity contribution is 5.32. The number of phenols is 1. The molecule has 1 aromatic carbocycles. The third-order valence-corrected chi connectivity index (χ3v) is 5.82. The summed E-state index contributed by atoms with van der Waals surface area (Å²) in [7, 11) is 0. The predicted molar refractivity (Wildman–Crippen MR) is 125 cm³/mol. The van der Waals surface area contributed by atoms with Crippen LogP contribution in [0.15, 0.2) is 24.3 Å². The van der Waals surface area contributed by atoms with Gasteiger partial charge in [0.2, 0.25) is 0 Å². The summed E-state index contributed by atoms with van der Waals surface area (Å²) in [4.78, 5) is 0. The number of unbranched alkanes of at least 4 members (excludes halogenated alkanes) is 15. The molecule has 0 heterocycles. The predicted octanol–water partition coefficient (Wildman–Crippen LogP) is 7.10. The van der Waals surface area contributed by atoms with E-state index in [1.807, 2.05) is 12.1 Å². The van der Waals surface area contributed by atoms with Crippen molar-refractivity contribution in [2.45, 2.75) is 122 Å². The molecular weight excluding hydrogens is 358 g/mol. The van der Waals surface area contributed by atoms with Crippen molar-refractivity contribution in [3.63, 3.8) is 0 Å². The Balaban J connectivity index is 1.78. The molecule has 0 aliphatic rings. The summed E-state index contributed by atoms with van der Waals surface area (Å²) in [5, 5.41) is 22.9. The van der Waals surface area contributed by atoms with E-state index in [1.54, 1.807) is 12.1 Å². The van der Waals surface area contributed by atoms with Gasteiger partial charge in [0.15, 0.2) is 0 Å². The normalized spacial score (nSPS) is 12.3. The molecule has 1 rings (SSSR count). The lowest BCUT2D eigenvalue weighted by molar-refractivity contribution is 0.136. The van der Waals surface area contributed by atoms with Crippen LogP contribution in [0.2, 0.25) is 0 Å². The van der Waals surface area contributed by atoms with Gasteiger partial charge in [-0.25, -0.2) is 0 Å². The molecule has 1 atom stereocenters. The Morgan fingerprint density at radius 2 is 1.14 bits per heavy atom. The highest BCUT2D eigenvalue weighted by Crippen LogP contribution is 2.17. The van der Waals surface area contributed by atoms with Crippen LogP contribution in [0.5, 0.6) is 5.75 Å². The van der Waals surface area contributed by atoms with E-state index in [0.717, 1.165) is 18.5 Å². The largest absolute Gasteiger partial charge is 0.508 e. The summed E-state index contributed by atoms with van der Waals surface area (Å²) in [6.45, 7) is 3.12. The number of hydrogen-bond donors (Lipinski definition) is 3. The first-order chi connectivity index (χ1) is 14.2. The lowest BCUT2D eigenvalue weighted by atomic mass is 10.0. The van der Waals surface area contributed by atoms with Crippen LogP contribution < -0.4 is 5.32 Å². The Kier molecular flexibility index (Phi) is 17.0. The van der Waals surface area contributed by atoms with Gasteiger partial charge in [-0.1, -0.05) is 121 Å². The Bertz CT molecular complexity index is 478. The van der Waals surface area contributed by atoms with Crippen molar-refractivity contribution < 1.29 is 10.2 Å². The average molecular weight is 406 g/mol. The minimum Gasteiger partial charge on any atom is -0.508 e. The van der Waals surface area contributed by atoms with Crippen LogP contribution in [0.4, 0.5) is 0 Å². The first-order valence-corrected chi connectivity index (χ1v) is 12.4. The molecule has 0 aliphatic carbocycles. The number of hydrogen-bond acceptors (Lipinski definition) is 3. The molecule has 168 valence electrons. The van der Waals surface area contributed by atoms with Gasteiger partial charge in [0.25, 0.3) is 0 Å². The maximum Gasteiger partial charge on any atom is 0.118 e. The number of nitrogens with one attached hydrogen (secondary N) is 1. The minimum absolute atomic E-state index is 0.260. The highest BCUT2D eigenvalue weighted by Gasteiger charge is 2.07. The molecule has 0 aromatic heterocycles. The van der Waals surface area contributed by atoms with E-state index in [-0.39, 0.29) is 5.75 Å². The maximum absolute atomic E-state index is 10.0. The fourth-order valence-electron chi connectivity index (χ4n) is 3.91. The molecule has 0 amide bonds. The molecule has 0 aliphatic heterocycles. The summed E-state index contributed by atoms with van der Waals surface area (Å²) in [5.41, 5.74) is 0.791. The van der Waals surface area contributed by atoms with Crippen molar-refractivity contribution in [1.29, 1.82) is 0 Å². The average Bonchev–Trinajstić information content (AvgIpc) is 2.72. The molecule has 0 fully saturated rings. The summed E-state index contributed by atoms with van der Waals surface area (Å²) in [6.07, 6.45) is 21.9. The van der Waals surface area contributed by atoms with Crippen LogP contribution in [-0.4, -0.2) is 23.0 Å². The summed E-state index contributed by atoms with van der Waals surface area (Å²) < 4.78 is 0. The van der Waals surface area contributed by atoms with E-state index in [1.165, 1.54) is 96.3 Å². The molecule has 3 nitrogen and oxygen atoms in total. The van der Waals surface area contributed by atoms with Gasteiger partial charge >= 0.3 is 0 Å². The van der Waals surface area contributed by atoms with Crippen LogP contribution in [0.3, 0.4) is 0 Å². The van der Waals surface area contributed by atoms with Gasteiger partial charge in [0, 0.05) is 6.42 Å². The van der Waals surface area contributed by atoms with Crippen molar-refractivity contribution in [2.24, 2.45) is 0 Å². The molecule has 0 saturated carbocycles. The van der Waals surface area contributed by atoms with Crippen molar-refractivity contribution in [1.82, 2.24) is 5.32 Å². The molecule has 0 saturated heterocycles. The number of aliphatic hydroxyl groups is 1. The van der Waals surface area contributed by atoms with E-state index in [2.05, 4.69) is 12.2 Å². The first-order valence-electron chi connectivity index (χ1n) is 12.4. The van der Waals surface area contributed by atoms with Crippen LogP contribution in [0.1, 0.15) is 115 Å². The van der Waals surface area contributed by atoms with Gasteiger partial charge in [-0.15, -0.1) is 0 Å². The Morgan fingerprint density at radius 3 is 1.62 bits per heavy atom. The van der Waals surface area contributed by atoms with Crippen molar-refractivity contribution >= 4 is 0 Å². The highest BCUT2D eigenvalue weighted by atomic mass is 16.3. The van der Waals surface area contributed by atoms with E-state index in [4.69, 9.17) is 0 Å². The molecule has 3 heteroatoms. The fourth-order valence-corrected chi connectivity index (χ4v) is 3.91. The standard InChI is InChI=1S/C26H47NO2/c1-2-3-4-5-6-7-8-9-10-11-12-13-14-15-16-19-22-27-26(29)23-24-20-17-18-21-25(24)28/h17-18,20-21,26-29H,2-16,19,22-23H2,1H3. The molecule has 0 bridgehead atoms. The van der Waals surface area contributed by atoms with Gasteiger partial charge in [0.1, 0.15) is 12.0 Å². The second-order valence-electron chi connectivity index (χ2n) is 8.61. The van der Waals surface area contributed by atoms with E-state index in [0.29, 0.717) is 6.42 Å². The SMILES string of the molecule is CCCCCCCCCCCCCCCCCCNC(O)Cc1ccccc1O. The van der Waals surface area contributed by atoms with Crippen LogP contribution >= 0.6 is 0 Å².